The Bertz CT molecular complexity index is 226. The van der Waals surface area contributed by atoms with Gasteiger partial charge in [-0.25, -0.2) is 4.98 Å². The molecule has 1 aromatic rings. The first-order chi connectivity index (χ1) is 5.86. The van der Waals surface area contributed by atoms with Crippen molar-refractivity contribution in [3.8, 4) is 0 Å². The van der Waals surface area contributed by atoms with E-state index < -0.39 is 0 Å². The van der Waals surface area contributed by atoms with Crippen molar-refractivity contribution in [3.05, 3.63) is 5.82 Å². The number of ether oxygens (including phenoxy) is 1. The van der Waals surface area contributed by atoms with Gasteiger partial charge in [0.05, 0.1) is 6.61 Å². The standard InChI is InChI=1S/C7H13N3OS/c1-3-8-7-9-6(10-12-7)4-5-11-2/h3-5H2,1-2H3,(H,8,9,10). The molecule has 68 valence electrons. The maximum absolute atomic E-state index is 4.92. The summed E-state index contributed by atoms with van der Waals surface area (Å²) in [6.45, 7) is 3.61. The van der Waals surface area contributed by atoms with Crippen molar-refractivity contribution in [3.63, 3.8) is 0 Å². The molecule has 0 saturated heterocycles. The van der Waals surface area contributed by atoms with E-state index in [2.05, 4.69) is 14.7 Å². The van der Waals surface area contributed by atoms with Gasteiger partial charge < -0.3 is 10.1 Å². The van der Waals surface area contributed by atoms with Crippen LogP contribution in [0.4, 0.5) is 5.13 Å². The third kappa shape index (κ3) is 2.75. The molecule has 0 bridgehead atoms. The molecule has 1 aromatic heterocycles. The maximum atomic E-state index is 4.92. The Labute approximate surface area is 76.1 Å². The fraction of sp³-hybridized carbons (Fsp3) is 0.714. The van der Waals surface area contributed by atoms with Crippen LogP contribution in [0.5, 0.6) is 0 Å². The van der Waals surface area contributed by atoms with Crippen LogP contribution in [-0.4, -0.2) is 29.6 Å². The first-order valence-corrected chi connectivity index (χ1v) is 4.69. The molecular weight excluding hydrogens is 174 g/mol. The van der Waals surface area contributed by atoms with Crippen molar-refractivity contribution in [2.45, 2.75) is 13.3 Å². The average molecular weight is 187 g/mol. The Morgan fingerprint density at radius 3 is 3.08 bits per heavy atom. The molecule has 0 aliphatic carbocycles. The largest absolute Gasteiger partial charge is 0.384 e. The monoisotopic (exact) mass is 187 g/mol. The number of nitrogens with one attached hydrogen (secondary N) is 1. The molecule has 12 heavy (non-hydrogen) atoms. The summed E-state index contributed by atoms with van der Waals surface area (Å²) in [5.41, 5.74) is 0. The average Bonchev–Trinajstić information content (AvgIpc) is 2.50. The second-order valence-electron chi connectivity index (χ2n) is 2.29. The summed E-state index contributed by atoms with van der Waals surface area (Å²) in [7, 11) is 1.68. The molecule has 0 unspecified atom stereocenters. The number of nitrogens with zero attached hydrogens (tertiary/aromatic N) is 2. The third-order valence-corrected chi connectivity index (χ3v) is 2.04. The van der Waals surface area contributed by atoms with E-state index in [0.717, 1.165) is 23.9 Å². The molecule has 0 amide bonds. The third-order valence-electron chi connectivity index (χ3n) is 1.33. The number of anilines is 1. The van der Waals surface area contributed by atoms with E-state index in [1.54, 1.807) is 7.11 Å². The van der Waals surface area contributed by atoms with Crippen molar-refractivity contribution in [1.82, 2.24) is 9.36 Å². The van der Waals surface area contributed by atoms with Crippen LogP contribution in [0.25, 0.3) is 0 Å². The summed E-state index contributed by atoms with van der Waals surface area (Å²) < 4.78 is 9.08. The molecule has 5 heteroatoms. The van der Waals surface area contributed by atoms with Gasteiger partial charge in [0.2, 0.25) is 5.13 Å². The summed E-state index contributed by atoms with van der Waals surface area (Å²) in [6.07, 6.45) is 0.790. The van der Waals surface area contributed by atoms with E-state index in [1.807, 2.05) is 6.92 Å². The Morgan fingerprint density at radius 1 is 1.58 bits per heavy atom. The Hall–Kier alpha value is -0.680. The number of hydrogen-bond donors (Lipinski definition) is 1. The van der Waals surface area contributed by atoms with Crippen LogP contribution in [0.3, 0.4) is 0 Å². The van der Waals surface area contributed by atoms with Crippen molar-refractivity contribution < 1.29 is 4.74 Å². The molecule has 4 nitrogen and oxygen atoms in total. The lowest BCUT2D eigenvalue weighted by atomic mass is 10.4. The topological polar surface area (TPSA) is 47.0 Å². The van der Waals surface area contributed by atoms with E-state index in [0.29, 0.717) is 6.61 Å². The van der Waals surface area contributed by atoms with Crippen LogP contribution in [0.2, 0.25) is 0 Å². The minimum atomic E-state index is 0.683. The van der Waals surface area contributed by atoms with Crippen LogP contribution in [0.1, 0.15) is 12.7 Å². The van der Waals surface area contributed by atoms with E-state index in [1.165, 1.54) is 11.5 Å². The van der Waals surface area contributed by atoms with Crippen LogP contribution >= 0.6 is 11.5 Å². The molecule has 1 N–H and O–H groups in total. The van der Waals surface area contributed by atoms with E-state index in [9.17, 15) is 0 Å². The Morgan fingerprint density at radius 2 is 2.42 bits per heavy atom. The summed E-state index contributed by atoms with van der Waals surface area (Å²) in [5, 5.41) is 4.00. The highest BCUT2D eigenvalue weighted by Gasteiger charge is 2.01. The molecule has 0 spiro atoms. The highest BCUT2D eigenvalue weighted by Crippen LogP contribution is 2.10. The molecule has 1 rings (SSSR count). The minimum absolute atomic E-state index is 0.683. The minimum Gasteiger partial charge on any atom is -0.384 e. The first kappa shape index (κ1) is 9.41. The summed E-state index contributed by atoms with van der Waals surface area (Å²) >= 11 is 1.40. The second-order valence-corrected chi connectivity index (χ2v) is 3.04. The highest BCUT2D eigenvalue weighted by atomic mass is 32.1. The van der Waals surface area contributed by atoms with Crippen LogP contribution < -0.4 is 5.32 Å². The van der Waals surface area contributed by atoms with Crippen molar-refractivity contribution >= 4 is 16.7 Å². The van der Waals surface area contributed by atoms with E-state index in [4.69, 9.17) is 4.74 Å². The molecule has 0 aromatic carbocycles. The quantitative estimate of drug-likeness (QED) is 0.751. The lowest BCUT2D eigenvalue weighted by Crippen LogP contribution is -1.98. The van der Waals surface area contributed by atoms with E-state index >= 15 is 0 Å². The predicted octanol–water partition coefficient (Wildman–Crippen LogP) is 1.16. The van der Waals surface area contributed by atoms with Crippen molar-refractivity contribution in [2.75, 3.05) is 25.6 Å². The van der Waals surface area contributed by atoms with Gasteiger partial charge in [-0.1, -0.05) is 0 Å². The SMILES string of the molecule is CCNc1nc(CCOC)ns1. The second kappa shape index (κ2) is 5.05. The van der Waals surface area contributed by atoms with Crippen molar-refractivity contribution in [1.29, 1.82) is 0 Å². The molecule has 0 atom stereocenters. The highest BCUT2D eigenvalue weighted by molar-refractivity contribution is 7.09. The number of rotatable bonds is 5. The van der Waals surface area contributed by atoms with Crippen LogP contribution in [-0.2, 0) is 11.2 Å². The number of hydrogen-bond acceptors (Lipinski definition) is 5. The van der Waals surface area contributed by atoms with Crippen molar-refractivity contribution in [2.24, 2.45) is 0 Å². The van der Waals surface area contributed by atoms with Gasteiger partial charge in [0, 0.05) is 31.6 Å². The van der Waals surface area contributed by atoms with Gasteiger partial charge in [-0.15, -0.1) is 0 Å². The molecular formula is C7H13N3OS. The Balaban J connectivity index is 2.41. The normalized spacial score (nSPS) is 10.2. The van der Waals surface area contributed by atoms with Gasteiger partial charge in [-0.05, 0) is 6.92 Å². The molecule has 0 aliphatic heterocycles. The number of aromatic nitrogens is 2. The predicted molar refractivity (Wildman–Crippen MR) is 49.7 cm³/mol. The van der Waals surface area contributed by atoms with E-state index in [-0.39, 0.29) is 0 Å². The molecule has 0 radical (unpaired) electrons. The molecule has 1 heterocycles. The maximum Gasteiger partial charge on any atom is 0.202 e. The molecule has 0 saturated carbocycles. The van der Waals surface area contributed by atoms with Gasteiger partial charge in [0.15, 0.2) is 0 Å². The van der Waals surface area contributed by atoms with Gasteiger partial charge in [-0.2, -0.15) is 4.37 Å². The molecule has 0 fully saturated rings. The van der Waals surface area contributed by atoms with Crippen LogP contribution in [0.15, 0.2) is 0 Å². The van der Waals surface area contributed by atoms with Gasteiger partial charge in [0.25, 0.3) is 0 Å². The molecule has 0 aliphatic rings. The number of methoxy groups -OCH3 is 1. The fourth-order valence-corrected chi connectivity index (χ4v) is 1.45. The first-order valence-electron chi connectivity index (χ1n) is 3.92. The smallest absolute Gasteiger partial charge is 0.202 e. The van der Waals surface area contributed by atoms with Gasteiger partial charge in [-0.3, -0.25) is 0 Å². The fourth-order valence-electron chi connectivity index (χ4n) is 0.772. The van der Waals surface area contributed by atoms with Gasteiger partial charge >= 0.3 is 0 Å². The lowest BCUT2D eigenvalue weighted by molar-refractivity contribution is 0.201. The lowest BCUT2D eigenvalue weighted by Gasteiger charge is -1.93. The van der Waals surface area contributed by atoms with Gasteiger partial charge in [0.1, 0.15) is 5.82 Å². The zero-order valence-electron chi connectivity index (χ0n) is 7.33. The van der Waals surface area contributed by atoms with Crippen LogP contribution in [0, 0.1) is 0 Å². The zero-order chi connectivity index (χ0) is 8.81. The summed E-state index contributed by atoms with van der Waals surface area (Å²) in [6, 6.07) is 0. The zero-order valence-corrected chi connectivity index (χ0v) is 8.15. The Kier molecular flexibility index (Phi) is 3.96. The summed E-state index contributed by atoms with van der Waals surface area (Å²) in [5.74, 6) is 0.859. The summed E-state index contributed by atoms with van der Waals surface area (Å²) in [4.78, 5) is 4.25.